The Morgan fingerprint density at radius 3 is 2.48 bits per heavy atom. The van der Waals surface area contributed by atoms with Crippen LogP contribution < -0.4 is 11.2 Å². The second-order valence-electron chi connectivity index (χ2n) is 6.54. The quantitative estimate of drug-likeness (QED) is 0.562. The van der Waals surface area contributed by atoms with E-state index in [0.717, 1.165) is 11.1 Å². The predicted molar refractivity (Wildman–Crippen MR) is 106 cm³/mol. The van der Waals surface area contributed by atoms with E-state index < -0.39 is 0 Å². The maximum absolute atomic E-state index is 13.0. The van der Waals surface area contributed by atoms with Gasteiger partial charge in [-0.05, 0) is 37.1 Å². The number of hydrogen-bond acceptors (Lipinski definition) is 3. The third-order valence-corrected chi connectivity index (χ3v) is 4.67. The van der Waals surface area contributed by atoms with E-state index in [4.69, 9.17) is 0 Å². The highest BCUT2D eigenvalue weighted by Gasteiger charge is 2.18. The van der Waals surface area contributed by atoms with Crippen molar-refractivity contribution in [2.75, 3.05) is 0 Å². The summed E-state index contributed by atoms with van der Waals surface area (Å²) in [4.78, 5) is 30.4. The summed E-state index contributed by atoms with van der Waals surface area (Å²) < 4.78 is 4.59. The third-order valence-electron chi connectivity index (χ3n) is 4.67. The van der Waals surface area contributed by atoms with Crippen molar-refractivity contribution in [2.24, 2.45) is 0 Å². The lowest BCUT2D eigenvalue weighted by Crippen LogP contribution is -2.39. The van der Waals surface area contributed by atoms with Gasteiger partial charge in [0.25, 0.3) is 5.56 Å². The van der Waals surface area contributed by atoms with Gasteiger partial charge in [0.2, 0.25) is 0 Å². The fourth-order valence-electron chi connectivity index (χ4n) is 3.36. The van der Waals surface area contributed by atoms with Crippen molar-refractivity contribution < 1.29 is 0 Å². The molecule has 2 aromatic carbocycles. The van der Waals surface area contributed by atoms with Gasteiger partial charge in [0, 0.05) is 13.1 Å². The fourth-order valence-corrected chi connectivity index (χ4v) is 3.36. The highest BCUT2D eigenvalue weighted by molar-refractivity contribution is 5.72. The zero-order valence-electron chi connectivity index (χ0n) is 15.3. The van der Waals surface area contributed by atoms with Gasteiger partial charge in [0.05, 0.1) is 12.0 Å². The Balaban J connectivity index is 2.02. The molecule has 0 fully saturated rings. The molecule has 27 heavy (non-hydrogen) atoms. The van der Waals surface area contributed by atoms with Crippen LogP contribution in [0.15, 0.2) is 70.5 Å². The fraction of sp³-hybridized carbons (Fsp3) is 0.190. The summed E-state index contributed by atoms with van der Waals surface area (Å²) in [5.74, 6) is 0. The number of hydrogen-bond donors (Lipinski definition) is 0. The Labute approximate surface area is 156 Å². The summed E-state index contributed by atoms with van der Waals surface area (Å²) in [6, 6.07) is 17.5. The molecule has 4 rings (SSSR count). The van der Waals surface area contributed by atoms with Crippen molar-refractivity contribution in [1.82, 2.24) is 18.7 Å². The van der Waals surface area contributed by atoms with Crippen molar-refractivity contribution >= 4 is 11.2 Å². The molecule has 0 atom stereocenters. The number of nitrogens with zero attached hydrogens (tertiary/aromatic N) is 4. The number of aromatic nitrogens is 4. The second kappa shape index (κ2) is 6.72. The topological polar surface area (TPSA) is 61.8 Å². The maximum atomic E-state index is 13.0. The van der Waals surface area contributed by atoms with Crippen LogP contribution in [0.3, 0.4) is 0 Å². The number of fused-ring (bicyclic) bond motifs is 1. The average Bonchev–Trinajstić information content (AvgIpc) is 3.06. The van der Waals surface area contributed by atoms with Gasteiger partial charge < -0.3 is 4.57 Å². The van der Waals surface area contributed by atoms with E-state index in [1.807, 2.05) is 66.1 Å². The Hall–Kier alpha value is -3.41. The molecule has 0 radical (unpaired) electrons. The summed E-state index contributed by atoms with van der Waals surface area (Å²) in [6.07, 6.45) is 1.63. The molecular formula is C21H20N4O2. The molecule has 2 heterocycles. The molecule has 0 aliphatic rings. The number of rotatable bonds is 4. The molecule has 136 valence electrons. The summed E-state index contributed by atoms with van der Waals surface area (Å²) in [6.45, 7) is 4.58. The first kappa shape index (κ1) is 17.0. The van der Waals surface area contributed by atoms with Crippen LogP contribution in [0.2, 0.25) is 0 Å². The minimum Gasteiger partial charge on any atom is -0.320 e. The standard InChI is InChI=1S/C21H20N4O2/c1-3-24-20(26)18-19(22-14-23(18)13-16-9-5-4-6-10-16)25(21(24)27)17-11-7-8-15(2)12-17/h4-12,14H,3,13H2,1-2H3. The molecule has 0 aliphatic carbocycles. The van der Waals surface area contributed by atoms with Crippen molar-refractivity contribution in [3.63, 3.8) is 0 Å². The molecule has 2 aromatic heterocycles. The van der Waals surface area contributed by atoms with Gasteiger partial charge in [-0.25, -0.2) is 14.3 Å². The van der Waals surface area contributed by atoms with E-state index in [2.05, 4.69) is 4.98 Å². The molecule has 0 N–H and O–H groups in total. The molecule has 0 saturated heterocycles. The van der Waals surface area contributed by atoms with Gasteiger partial charge in [0.15, 0.2) is 11.2 Å². The number of aryl methyl sites for hydroxylation is 1. The van der Waals surface area contributed by atoms with Crippen LogP contribution in [0.25, 0.3) is 16.9 Å². The van der Waals surface area contributed by atoms with Gasteiger partial charge in [-0.3, -0.25) is 9.36 Å². The van der Waals surface area contributed by atoms with Gasteiger partial charge in [0.1, 0.15) is 0 Å². The zero-order chi connectivity index (χ0) is 19.0. The Morgan fingerprint density at radius 1 is 1.00 bits per heavy atom. The van der Waals surface area contributed by atoms with Crippen molar-refractivity contribution in [1.29, 1.82) is 0 Å². The van der Waals surface area contributed by atoms with Crippen LogP contribution in [-0.2, 0) is 13.1 Å². The maximum Gasteiger partial charge on any atom is 0.337 e. The minimum atomic E-state index is -0.370. The summed E-state index contributed by atoms with van der Waals surface area (Å²) in [7, 11) is 0. The van der Waals surface area contributed by atoms with Gasteiger partial charge >= 0.3 is 5.69 Å². The largest absolute Gasteiger partial charge is 0.337 e. The van der Waals surface area contributed by atoms with Crippen LogP contribution in [0, 0.1) is 6.92 Å². The predicted octanol–water partition coefficient (Wildman–Crippen LogP) is 2.73. The molecule has 0 amide bonds. The molecule has 6 heteroatoms. The molecular weight excluding hydrogens is 340 g/mol. The number of imidazole rings is 1. The first-order valence-corrected chi connectivity index (χ1v) is 8.92. The van der Waals surface area contributed by atoms with Crippen LogP contribution in [-0.4, -0.2) is 18.7 Å². The Morgan fingerprint density at radius 2 is 1.78 bits per heavy atom. The molecule has 0 unspecified atom stereocenters. The molecule has 6 nitrogen and oxygen atoms in total. The molecule has 0 saturated carbocycles. The first-order valence-electron chi connectivity index (χ1n) is 8.92. The molecule has 0 spiro atoms. The SMILES string of the molecule is CCn1c(=O)c2c(ncn2Cc2ccccc2)n(-c2cccc(C)c2)c1=O. The molecule has 0 aliphatic heterocycles. The van der Waals surface area contributed by atoms with E-state index in [1.165, 1.54) is 9.13 Å². The van der Waals surface area contributed by atoms with E-state index in [0.29, 0.717) is 29.9 Å². The monoisotopic (exact) mass is 360 g/mol. The van der Waals surface area contributed by atoms with E-state index >= 15 is 0 Å². The lowest BCUT2D eigenvalue weighted by Gasteiger charge is -2.12. The van der Waals surface area contributed by atoms with E-state index in [9.17, 15) is 9.59 Å². The lowest BCUT2D eigenvalue weighted by atomic mass is 10.2. The first-order chi connectivity index (χ1) is 13.1. The number of benzene rings is 2. The second-order valence-corrected chi connectivity index (χ2v) is 6.54. The average molecular weight is 360 g/mol. The van der Waals surface area contributed by atoms with Crippen molar-refractivity contribution in [3.8, 4) is 5.69 Å². The highest BCUT2D eigenvalue weighted by Crippen LogP contribution is 2.15. The third kappa shape index (κ3) is 2.89. The molecule has 0 bridgehead atoms. The van der Waals surface area contributed by atoms with Gasteiger partial charge in [-0.2, -0.15) is 0 Å². The van der Waals surface area contributed by atoms with Crippen molar-refractivity contribution in [2.45, 2.75) is 26.9 Å². The summed E-state index contributed by atoms with van der Waals surface area (Å²) >= 11 is 0. The highest BCUT2D eigenvalue weighted by atomic mass is 16.2. The van der Waals surface area contributed by atoms with Crippen LogP contribution in [0.1, 0.15) is 18.1 Å². The Kier molecular flexibility index (Phi) is 4.24. The van der Waals surface area contributed by atoms with Crippen LogP contribution in [0.5, 0.6) is 0 Å². The van der Waals surface area contributed by atoms with E-state index in [-0.39, 0.29) is 11.2 Å². The van der Waals surface area contributed by atoms with Crippen LogP contribution >= 0.6 is 0 Å². The van der Waals surface area contributed by atoms with Crippen molar-refractivity contribution in [3.05, 3.63) is 92.9 Å². The lowest BCUT2D eigenvalue weighted by molar-refractivity contribution is 0.655. The van der Waals surface area contributed by atoms with Gasteiger partial charge in [-0.15, -0.1) is 0 Å². The van der Waals surface area contributed by atoms with Gasteiger partial charge in [-0.1, -0.05) is 42.5 Å². The Bertz CT molecular complexity index is 1230. The minimum absolute atomic E-state index is 0.302. The molecule has 4 aromatic rings. The summed E-state index contributed by atoms with van der Waals surface area (Å²) in [5, 5.41) is 0. The summed E-state index contributed by atoms with van der Waals surface area (Å²) in [5.41, 5.74) is 2.94. The van der Waals surface area contributed by atoms with Crippen LogP contribution in [0.4, 0.5) is 0 Å². The smallest absolute Gasteiger partial charge is 0.320 e. The zero-order valence-corrected chi connectivity index (χ0v) is 15.3. The normalized spacial score (nSPS) is 11.2. The van der Waals surface area contributed by atoms with E-state index in [1.54, 1.807) is 13.3 Å².